The first-order valence-corrected chi connectivity index (χ1v) is 10.2. The molecule has 0 aromatic heterocycles. The summed E-state index contributed by atoms with van der Waals surface area (Å²) in [5.41, 5.74) is 1.10. The minimum absolute atomic E-state index is 0.0161. The highest BCUT2D eigenvalue weighted by molar-refractivity contribution is 5.87. The van der Waals surface area contributed by atoms with Crippen molar-refractivity contribution in [2.75, 3.05) is 6.54 Å². The van der Waals surface area contributed by atoms with Crippen LogP contribution in [-0.2, 0) is 11.2 Å². The van der Waals surface area contributed by atoms with Crippen LogP contribution in [0.3, 0.4) is 0 Å². The van der Waals surface area contributed by atoms with Gasteiger partial charge in [0.25, 0.3) is 0 Å². The summed E-state index contributed by atoms with van der Waals surface area (Å²) in [6.07, 6.45) is 8.46. The normalized spacial score (nSPS) is 18.8. The number of hydrogen-bond acceptors (Lipinski definition) is 3. The minimum Gasteiger partial charge on any atom is -0.478 e. The number of carbonyl (C=O) groups is 2. The molecule has 1 aromatic rings. The molecule has 2 rings (SSSR count). The molecule has 5 nitrogen and oxygen atoms in total. The van der Waals surface area contributed by atoms with Crippen molar-refractivity contribution in [2.45, 2.75) is 71.4 Å². The first kappa shape index (κ1) is 22.2. The number of aliphatic hydroxyl groups excluding tert-OH is 1. The van der Waals surface area contributed by atoms with E-state index in [2.05, 4.69) is 20.8 Å². The first-order chi connectivity index (χ1) is 13.2. The molecule has 0 bridgehead atoms. The molecule has 0 radical (unpaired) electrons. The lowest BCUT2D eigenvalue weighted by Crippen LogP contribution is -2.34. The fourth-order valence-electron chi connectivity index (χ4n) is 3.58. The van der Waals surface area contributed by atoms with Gasteiger partial charge in [0.2, 0.25) is 5.91 Å². The van der Waals surface area contributed by atoms with Crippen LogP contribution in [0.4, 0.5) is 0 Å². The Morgan fingerprint density at radius 3 is 2.61 bits per heavy atom. The predicted octanol–water partition coefficient (Wildman–Crippen LogP) is 4.05. The SMILES string of the molecule is CCCCC(C)(C)C(O)C=C[C@H]1CCC(=O)N1CCc1ccc(C(=O)O)cc1. The Kier molecular flexibility index (Phi) is 7.81. The number of aliphatic hydroxyl groups is 1. The van der Waals surface area contributed by atoms with Gasteiger partial charge in [-0.1, -0.05) is 57.9 Å². The Bertz CT molecular complexity index is 693. The van der Waals surface area contributed by atoms with Crippen molar-refractivity contribution in [3.63, 3.8) is 0 Å². The highest BCUT2D eigenvalue weighted by Gasteiger charge is 2.30. The Hall–Kier alpha value is -2.14. The summed E-state index contributed by atoms with van der Waals surface area (Å²) in [6, 6.07) is 6.80. The maximum atomic E-state index is 12.3. The van der Waals surface area contributed by atoms with Crippen LogP contribution in [0.15, 0.2) is 36.4 Å². The number of nitrogens with zero attached hydrogens (tertiary/aromatic N) is 1. The van der Waals surface area contributed by atoms with Gasteiger partial charge < -0.3 is 15.1 Å². The molecule has 1 aliphatic rings. The fourth-order valence-corrected chi connectivity index (χ4v) is 3.58. The lowest BCUT2D eigenvalue weighted by atomic mass is 9.81. The molecule has 0 aliphatic carbocycles. The van der Waals surface area contributed by atoms with Gasteiger partial charge in [0.1, 0.15) is 0 Å². The van der Waals surface area contributed by atoms with Crippen LogP contribution in [0.5, 0.6) is 0 Å². The third-order valence-electron chi connectivity index (χ3n) is 5.71. The van der Waals surface area contributed by atoms with Gasteiger partial charge in [-0.25, -0.2) is 4.79 Å². The molecule has 1 amide bonds. The van der Waals surface area contributed by atoms with Crippen LogP contribution in [0, 0.1) is 5.41 Å². The second-order valence-electron chi connectivity index (χ2n) is 8.37. The predicted molar refractivity (Wildman–Crippen MR) is 110 cm³/mol. The molecule has 1 aromatic carbocycles. The molecule has 28 heavy (non-hydrogen) atoms. The zero-order chi connectivity index (χ0) is 20.7. The van der Waals surface area contributed by atoms with Gasteiger partial charge in [-0.3, -0.25) is 4.79 Å². The minimum atomic E-state index is -0.938. The summed E-state index contributed by atoms with van der Waals surface area (Å²) < 4.78 is 0. The maximum Gasteiger partial charge on any atom is 0.335 e. The van der Waals surface area contributed by atoms with Crippen LogP contribution in [0.2, 0.25) is 0 Å². The molecule has 0 spiro atoms. The fraction of sp³-hybridized carbons (Fsp3) is 0.565. The van der Waals surface area contributed by atoms with Crippen molar-refractivity contribution in [3.05, 3.63) is 47.5 Å². The molecule has 154 valence electrons. The largest absolute Gasteiger partial charge is 0.478 e. The van der Waals surface area contributed by atoms with E-state index in [4.69, 9.17) is 5.11 Å². The van der Waals surface area contributed by atoms with Crippen LogP contribution in [-0.4, -0.2) is 45.7 Å². The topological polar surface area (TPSA) is 77.8 Å². The molecule has 2 N–H and O–H groups in total. The Morgan fingerprint density at radius 2 is 2.00 bits per heavy atom. The Morgan fingerprint density at radius 1 is 1.32 bits per heavy atom. The summed E-state index contributed by atoms with van der Waals surface area (Å²) in [5, 5.41) is 19.5. The number of unbranched alkanes of at least 4 members (excludes halogenated alkanes) is 1. The lowest BCUT2D eigenvalue weighted by Gasteiger charge is -2.29. The summed E-state index contributed by atoms with van der Waals surface area (Å²) in [5.74, 6) is -0.802. The van der Waals surface area contributed by atoms with Crippen molar-refractivity contribution in [1.29, 1.82) is 0 Å². The molecular weight excluding hydrogens is 354 g/mol. The second kappa shape index (κ2) is 9.87. The van der Waals surface area contributed by atoms with Gasteiger partial charge in [-0.05, 0) is 42.4 Å². The number of aromatic carboxylic acids is 1. The highest BCUT2D eigenvalue weighted by atomic mass is 16.4. The van der Waals surface area contributed by atoms with E-state index in [1.54, 1.807) is 24.3 Å². The smallest absolute Gasteiger partial charge is 0.335 e. The van der Waals surface area contributed by atoms with Crippen LogP contribution in [0.1, 0.15) is 68.8 Å². The number of benzene rings is 1. The number of amides is 1. The standard InChI is InChI=1S/C23H33NO4/c1-4-5-15-23(2,3)20(25)12-10-19-11-13-21(26)24(19)16-14-17-6-8-18(9-7-17)22(27)28/h6-10,12,19-20,25H,4-5,11,13-16H2,1-3H3,(H,27,28)/t19-,20?/m0/s1. The Labute approximate surface area is 168 Å². The molecular formula is C23H33NO4. The molecule has 1 fully saturated rings. The number of rotatable bonds is 10. The van der Waals surface area contributed by atoms with Gasteiger partial charge in [0, 0.05) is 13.0 Å². The number of carboxylic acid groups (broad SMARTS) is 1. The number of carboxylic acids is 1. The van der Waals surface area contributed by atoms with Crippen molar-refractivity contribution in [1.82, 2.24) is 4.90 Å². The second-order valence-corrected chi connectivity index (χ2v) is 8.37. The summed E-state index contributed by atoms with van der Waals surface area (Å²) in [6.45, 7) is 6.90. The molecule has 1 heterocycles. The number of likely N-dealkylation sites (tertiary alicyclic amines) is 1. The van der Waals surface area contributed by atoms with E-state index in [0.29, 0.717) is 19.4 Å². The van der Waals surface area contributed by atoms with E-state index < -0.39 is 12.1 Å². The van der Waals surface area contributed by atoms with Gasteiger partial charge in [-0.15, -0.1) is 0 Å². The molecule has 2 atom stereocenters. The molecule has 5 heteroatoms. The highest BCUT2D eigenvalue weighted by Crippen LogP contribution is 2.29. The zero-order valence-electron chi connectivity index (χ0n) is 17.2. The molecule has 0 saturated carbocycles. The molecule has 1 unspecified atom stereocenters. The van der Waals surface area contributed by atoms with Crippen molar-refractivity contribution in [2.24, 2.45) is 5.41 Å². The van der Waals surface area contributed by atoms with Crippen LogP contribution < -0.4 is 0 Å². The lowest BCUT2D eigenvalue weighted by molar-refractivity contribution is -0.128. The third-order valence-corrected chi connectivity index (χ3v) is 5.71. The van der Waals surface area contributed by atoms with E-state index in [9.17, 15) is 14.7 Å². The van der Waals surface area contributed by atoms with Gasteiger partial charge in [0.05, 0.1) is 17.7 Å². The number of carbonyl (C=O) groups excluding carboxylic acids is 1. The van der Waals surface area contributed by atoms with Crippen LogP contribution >= 0.6 is 0 Å². The van der Waals surface area contributed by atoms with Gasteiger partial charge in [-0.2, -0.15) is 0 Å². The van der Waals surface area contributed by atoms with Crippen molar-refractivity contribution in [3.8, 4) is 0 Å². The number of hydrogen-bond donors (Lipinski definition) is 2. The Balaban J connectivity index is 1.95. The summed E-state index contributed by atoms with van der Waals surface area (Å²) in [7, 11) is 0. The first-order valence-electron chi connectivity index (χ1n) is 10.2. The van der Waals surface area contributed by atoms with Gasteiger partial charge >= 0.3 is 5.97 Å². The van der Waals surface area contributed by atoms with Gasteiger partial charge in [0.15, 0.2) is 0 Å². The van der Waals surface area contributed by atoms with E-state index in [1.807, 2.05) is 17.1 Å². The quantitative estimate of drug-likeness (QED) is 0.594. The summed E-state index contributed by atoms with van der Waals surface area (Å²) >= 11 is 0. The monoisotopic (exact) mass is 387 g/mol. The average molecular weight is 388 g/mol. The molecule has 1 saturated heterocycles. The zero-order valence-corrected chi connectivity index (χ0v) is 17.2. The van der Waals surface area contributed by atoms with Crippen molar-refractivity contribution < 1.29 is 19.8 Å². The average Bonchev–Trinajstić information content (AvgIpc) is 3.02. The van der Waals surface area contributed by atoms with Crippen LogP contribution in [0.25, 0.3) is 0 Å². The molecule has 1 aliphatic heterocycles. The van der Waals surface area contributed by atoms with E-state index in [1.165, 1.54) is 0 Å². The van der Waals surface area contributed by atoms with E-state index in [0.717, 1.165) is 31.2 Å². The van der Waals surface area contributed by atoms with E-state index >= 15 is 0 Å². The summed E-state index contributed by atoms with van der Waals surface area (Å²) in [4.78, 5) is 25.1. The maximum absolute atomic E-state index is 12.3. The van der Waals surface area contributed by atoms with Crippen molar-refractivity contribution >= 4 is 11.9 Å². The van der Waals surface area contributed by atoms with E-state index in [-0.39, 0.29) is 22.9 Å². The third kappa shape index (κ3) is 5.93.